The highest BCUT2D eigenvalue weighted by atomic mass is 79.9. The Bertz CT molecular complexity index is 1200. The van der Waals surface area contributed by atoms with E-state index in [4.69, 9.17) is 14.6 Å². The van der Waals surface area contributed by atoms with Crippen LogP contribution in [0.25, 0.3) is 10.9 Å². The van der Waals surface area contributed by atoms with Crippen LogP contribution >= 0.6 is 15.9 Å². The highest BCUT2D eigenvalue weighted by molar-refractivity contribution is 9.10. The predicted molar refractivity (Wildman–Crippen MR) is 128 cm³/mol. The van der Waals surface area contributed by atoms with Gasteiger partial charge in [0.25, 0.3) is 0 Å². The lowest BCUT2D eigenvalue weighted by Crippen LogP contribution is -2.48. The molecule has 4 atom stereocenters. The number of methoxy groups -OCH3 is 1. The number of nitrogens with zero attached hydrogens (tertiary/aromatic N) is 2. The van der Waals surface area contributed by atoms with E-state index in [0.29, 0.717) is 5.39 Å². The van der Waals surface area contributed by atoms with Crippen molar-refractivity contribution in [2.45, 2.75) is 30.7 Å². The zero-order valence-electron chi connectivity index (χ0n) is 19.1. The van der Waals surface area contributed by atoms with Gasteiger partial charge in [0, 0.05) is 21.6 Å². The number of aromatic nitrogens is 2. The summed E-state index contributed by atoms with van der Waals surface area (Å²) in [5.74, 6) is 0.166. The molecule has 3 rings (SSSR count). The number of halogens is 5. The van der Waals surface area contributed by atoms with Gasteiger partial charge in [0.2, 0.25) is 0 Å². The molecule has 204 valence electrons. The van der Waals surface area contributed by atoms with Crippen molar-refractivity contribution in [3.8, 4) is 11.5 Å². The van der Waals surface area contributed by atoms with Gasteiger partial charge in [-0.15, -0.1) is 0 Å². The quantitative estimate of drug-likeness (QED) is 0.220. The van der Waals surface area contributed by atoms with Crippen molar-refractivity contribution in [3.05, 3.63) is 46.7 Å². The Morgan fingerprint density at radius 3 is 2.30 bits per heavy atom. The largest absolute Gasteiger partial charge is 0.493 e. The number of nitrogens with one attached hydrogen (secondary N) is 1. The summed E-state index contributed by atoms with van der Waals surface area (Å²) in [5, 5.41) is 41.6. The maximum Gasteiger partial charge on any atom is 0.416 e. The van der Waals surface area contributed by atoms with Crippen LogP contribution in [0.15, 0.2) is 41.1 Å². The van der Waals surface area contributed by atoms with Gasteiger partial charge in [-0.05, 0) is 24.3 Å². The second kappa shape index (κ2) is 12.6. The van der Waals surface area contributed by atoms with Crippen LogP contribution in [0.2, 0.25) is 0 Å². The minimum atomic E-state index is -4.57. The molecular formula is C22H24BrF4N3O7. The van der Waals surface area contributed by atoms with Gasteiger partial charge >= 0.3 is 6.18 Å². The van der Waals surface area contributed by atoms with Crippen LogP contribution < -0.4 is 14.8 Å². The zero-order valence-corrected chi connectivity index (χ0v) is 20.7. The molecule has 1 heterocycles. The van der Waals surface area contributed by atoms with Crippen molar-refractivity contribution in [2.24, 2.45) is 0 Å². The molecule has 0 saturated heterocycles. The Kier molecular flexibility index (Phi) is 10.4. The number of alkyl halides is 4. The van der Waals surface area contributed by atoms with Crippen molar-refractivity contribution in [2.75, 3.05) is 25.6 Å². The van der Waals surface area contributed by atoms with Gasteiger partial charge < -0.3 is 40.7 Å². The maximum atomic E-state index is 13.6. The number of hydrogen-bond acceptors (Lipinski definition) is 9. The number of fused-ring (bicyclic) bond motifs is 1. The van der Waals surface area contributed by atoms with Gasteiger partial charge in [-0.1, -0.05) is 15.9 Å². The van der Waals surface area contributed by atoms with E-state index >= 15 is 0 Å². The Morgan fingerprint density at radius 1 is 1.00 bits per heavy atom. The molecule has 0 aliphatic carbocycles. The molecule has 2 aromatic carbocycles. The molecule has 0 aliphatic heterocycles. The summed E-state index contributed by atoms with van der Waals surface area (Å²) in [6, 6.07) is 6.05. The van der Waals surface area contributed by atoms with Gasteiger partial charge in [-0.2, -0.15) is 13.2 Å². The van der Waals surface area contributed by atoms with Gasteiger partial charge in [0.1, 0.15) is 24.4 Å². The molecule has 0 unspecified atom stereocenters. The normalized spacial score (nSPS) is 14.9. The van der Waals surface area contributed by atoms with Crippen LogP contribution in [-0.2, 0) is 6.18 Å². The molecule has 10 nitrogen and oxygen atoms in total. The van der Waals surface area contributed by atoms with Crippen LogP contribution in [0.5, 0.6) is 11.5 Å². The van der Waals surface area contributed by atoms with Crippen LogP contribution in [0.3, 0.4) is 0 Å². The molecule has 0 aliphatic rings. The molecule has 0 fully saturated rings. The Hall–Kier alpha value is -2.82. The molecular weight excluding hydrogens is 574 g/mol. The van der Waals surface area contributed by atoms with Crippen molar-refractivity contribution >= 4 is 38.3 Å². The number of rotatable bonds is 10. The molecule has 1 aromatic heterocycles. The third kappa shape index (κ3) is 7.15. The standard InChI is InChI=1S/C22H22BrF4N3O6.H2O/c1-35-16-5-13-15(6-17(16)36-18(8-32)20(34)19(33)14(24)7-31)28-9-29-21(13)30-12-3-10(22(25,26)27)2-11(23)4-12;/h2-6,9,14,18-20,31-34H,7-8H2,1H3,(H,28,29,30);1H2/t14-,18-,19+,20+;/m1./s1. The average molecular weight is 598 g/mol. The topological polar surface area (TPSA) is 169 Å². The summed E-state index contributed by atoms with van der Waals surface area (Å²) in [4.78, 5) is 8.20. The van der Waals surface area contributed by atoms with E-state index < -0.39 is 49.4 Å². The van der Waals surface area contributed by atoms with Crippen LogP contribution in [-0.4, -0.2) is 80.7 Å². The van der Waals surface area contributed by atoms with E-state index in [9.17, 15) is 32.9 Å². The third-order valence-corrected chi connectivity index (χ3v) is 5.60. The van der Waals surface area contributed by atoms with E-state index in [1.54, 1.807) is 0 Å². The molecule has 7 N–H and O–H groups in total. The molecule has 37 heavy (non-hydrogen) atoms. The molecule has 3 aromatic rings. The first kappa shape index (κ1) is 30.4. The van der Waals surface area contributed by atoms with E-state index in [-0.39, 0.29) is 38.5 Å². The number of aliphatic hydroxyl groups excluding tert-OH is 4. The number of benzene rings is 2. The van der Waals surface area contributed by atoms with Crippen molar-refractivity contribution < 1.29 is 52.9 Å². The second-order valence-electron chi connectivity index (χ2n) is 7.61. The zero-order chi connectivity index (χ0) is 26.6. The average Bonchev–Trinajstić information content (AvgIpc) is 2.84. The van der Waals surface area contributed by atoms with E-state index in [1.807, 2.05) is 0 Å². The summed E-state index contributed by atoms with van der Waals surface area (Å²) < 4.78 is 64.2. The number of anilines is 2. The number of hydrogen-bond donors (Lipinski definition) is 5. The van der Waals surface area contributed by atoms with Crippen molar-refractivity contribution in [1.82, 2.24) is 9.97 Å². The first-order valence-electron chi connectivity index (χ1n) is 10.3. The highest BCUT2D eigenvalue weighted by Gasteiger charge is 2.34. The van der Waals surface area contributed by atoms with Gasteiger partial charge in [-0.25, -0.2) is 14.4 Å². The van der Waals surface area contributed by atoms with Crippen LogP contribution in [0.1, 0.15) is 5.56 Å². The van der Waals surface area contributed by atoms with E-state index in [2.05, 4.69) is 31.2 Å². The first-order chi connectivity index (χ1) is 17.0. The lowest BCUT2D eigenvalue weighted by molar-refractivity contribution is -0.137. The van der Waals surface area contributed by atoms with Crippen molar-refractivity contribution in [1.29, 1.82) is 0 Å². The van der Waals surface area contributed by atoms with E-state index in [0.717, 1.165) is 18.5 Å². The van der Waals surface area contributed by atoms with Gasteiger partial charge in [0.05, 0.1) is 31.4 Å². The van der Waals surface area contributed by atoms with Crippen molar-refractivity contribution in [3.63, 3.8) is 0 Å². The third-order valence-electron chi connectivity index (χ3n) is 5.14. The van der Waals surface area contributed by atoms with Gasteiger partial charge in [0.15, 0.2) is 23.8 Å². The van der Waals surface area contributed by atoms with Gasteiger partial charge in [-0.3, -0.25) is 0 Å². The Labute approximate surface area is 215 Å². The summed E-state index contributed by atoms with van der Waals surface area (Å²) >= 11 is 3.06. The maximum absolute atomic E-state index is 13.6. The fourth-order valence-corrected chi connectivity index (χ4v) is 3.79. The number of ether oxygens (including phenoxy) is 2. The molecule has 0 spiro atoms. The van der Waals surface area contributed by atoms with Crippen LogP contribution in [0.4, 0.5) is 29.1 Å². The second-order valence-corrected chi connectivity index (χ2v) is 8.53. The summed E-state index contributed by atoms with van der Waals surface area (Å²) in [5.41, 5.74) is -0.531. The Morgan fingerprint density at radius 2 is 1.70 bits per heavy atom. The lowest BCUT2D eigenvalue weighted by atomic mass is 10.0. The monoisotopic (exact) mass is 597 g/mol. The molecule has 0 bridgehead atoms. The van der Waals surface area contributed by atoms with E-state index in [1.165, 1.54) is 25.3 Å². The summed E-state index contributed by atoms with van der Waals surface area (Å²) in [6.07, 6.45) is -11.0. The fourth-order valence-electron chi connectivity index (χ4n) is 3.30. The smallest absolute Gasteiger partial charge is 0.416 e. The summed E-state index contributed by atoms with van der Waals surface area (Å²) in [7, 11) is 1.29. The fraction of sp³-hybridized carbons (Fsp3) is 0.364. The number of aliphatic hydroxyl groups is 4. The molecule has 0 radical (unpaired) electrons. The van der Waals surface area contributed by atoms with Crippen LogP contribution in [0, 0.1) is 0 Å². The summed E-state index contributed by atoms with van der Waals surface area (Å²) in [6.45, 7) is -1.87. The molecule has 0 saturated carbocycles. The highest BCUT2D eigenvalue weighted by Crippen LogP contribution is 2.37. The molecule has 15 heteroatoms. The predicted octanol–water partition coefficient (Wildman–Crippen LogP) is 2.13. The lowest BCUT2D eigenvalue weighted by Gasteiger charge is -2.28. The minimum absolute atomic E-state index is 0. The SMILES string of the molecule is COc1cc2c(Nc3cc(Br)cc(C(F)(F)F)c3)ncnc2cc1O[C@H](CO)[C@H](O)[C@@H](O)[C@H](F)CO.O. The first-order valence-corrected chi connectivity index (χ1v) is 11.1. The molecule has 0 amide bonds. The minimum Gasteiger partial charge on any atom is -0.493 e. The Balaban J connectivity index is 0.00000481.